The van der Waals surface area contributed by atoms with Crippen molar-refractivity contribution >= 4 is 40.9 Å². The molecule has 1 saturated carbocycles. The molecule has 2 fully saturated rings. The summed E-state index contributed by atoms with van der Waals surface area (Å²) in [5.74, 6) is -0.751. The Balaban J connectivity index is 1.33. The first kappa shape index (κ1) is 32.0. The summed E-state index contributed by atoms with van der Waals surface area (Å²) < 4.78 is 16.2. The lowest BCUT2D eigenvalue weighted by Gasteiger charge is -2.28. The maximum Gasteiger partial charge on any atom is 0.332 e. The highest BCUT2D eigenvalue weighted by Gasteiger charge is 2.67. The lowest BCUT2D eigenvalue weighted by Crippen LogP contribution is -2.51. The van der Waals surface area contributed by atoms with Crippen LogP contribution in [0.2, 0.25) is 0 Å². The second-order valence-corrected chi connectivity index (χ2v) is 11.8. The van der Waals surface area contributed by atoms with E-state index in [-0.39, 0.29) is 68.4 Å². The summed E-state index contributed by atoms with van der Waals surface area (Å²) in [6.07, 6.45) is 1.69. The number of hydrogen-bond donors (Lipinski definition) is 4. The number of amidine groups is 1. The number of nitrogens with two attached hydrogens (primary N) is 1. The van der Waals surface area contributed by atoms with Gasteiger partial charge in [-0.25, -0.2) is 4.79 Å². The molecule has 13 heteroatoms. The van der Waals surface area contributed by atoms with E-state index in [1.165, 1.54) is 11.3 Å². The monoisotopic (exact) mass is 613 g/mol. The van der Waals surface area contributed by atoms with Crippen LogP contribution in [0.4, 0.5) is 0 Å². The van der Waals surface area contributed by atoms with Gasteiger partial charge in [0.25, 0.3) is 0 Å². The highest BCUT2D eigenvalue weighted by Crippen LogP contribution is 2.59. The average Bonchev–Trinajstić information content (AvgIpc) is 3.31. The van der Waals surface area contributed by atoms with Crippen molar-refractivity contribution < 1.29 is 33.4 Å². The SMILES string of the molecule is CCOC(=O)COC[C@]12CC(C(=O)N[C@H](C)c3cc(C(=N)N)cs3)N(C(=O)CNC(=O)CCCOc3ccccc3)[C@H]1C2. The molecule has 0 bridgehead atoms. The van der Waals surface area contributed by atoms with Gasteiger partial charge in [0.2, 0.25) is 17.7 Å². The number of thiophene rings is 1. The van der Waals surface area contributed by atoms with Gasteiger partial charge in [-0.1, -0.05) is 18.2 Å². The average molecular weight is 614 g/mol. The highest BCUT2D eigenvalue weighted by molar-refractivity contribution is 7.10. The molecule has 4 rings (SSSR count). The van der Waals surface area contributed by atoms with Crippen molar-refractivity contribution in [1.29, 1.82) is 5.41 Å². The number of nitrogen functional groups attached to an aromatic ring is 1. The molecule has 1 aliphatic carbocycles. The predicted octanol–water partition coefficient (Wildman–Crippen LogP) is 2.12. The minimum atomic E-state index is -0.761. The Hall–Kier alpha value is -3.97. The number of likely N-dealkylation sites (tertiary alicyclic amines) is 1. The molecule has 3 amide bonds. The number of piperidine rings is 1. The number of carbonyl (C=O) groups excluding carboxylic acids is 4. The van der Waals surface area contributed by atoms with Gasteiger partial charge in [-0.05, 0) is 51.3 Å². The topological polar surface area (TPSA) is 173 Å². The number of nitrogens with zero attached hydrogens (tertiary/aromatic N) is 1. The maximum atomic E-state index is 13.5. The molecule has 1 aromatic carbocycles. The molecule has 1 aromatic heterocycles. The Bertz CT molecular complexity index is 1320. The van der Waals surface area contributed by atoms with E-state index < -0.39 is 17.4 Å². The van der Waals surface area contributed by atoms with Crippen molar-refractivity contribution in [3.63, 3.8) is 0 Å². The van der Waals surface area contributed by atoms with Gasteiger partial charge in [0.15, 0.2) is 0 Å². The number of para-hydroxylation sites is 1. The highest BCUT2D eigenvalue weighted by atomic mass is 32.1. The zero-order valence-electron chi connectivity index (χ0n) is 24.4. The van der Waals surface area contributed by atoms with E-state index in [2.05, 4.69) is 10.6 Å². The number of hydrogen-bond acceptors (Lipinski definition) is 9. The number of esters is 1. The summed E-state index contributed by atoms with van der Waals surface area (Å²) in [4.78, 5) is 53.5. The smallest absolute Gasteiger partial charge is 0.332 e. The van der Waals surface area contributed by atoms with Crippen LogP contribution in [0.25, 0.3) is 0 Å². The normalized spacial score (nSPS) is 20.9. The van der Waals surface area contributed by atoms with Gasteiger partial charge in [0, 0.05) is 33.7 Å². The van der Waals surface area contributed by atoms with E-state index in [0.29, 0.717) is 31.4 Å². The Morgan fingerprint density at radius 2 is 1.98 bits per heavy atom. The largest absolute Gasteiger partial charge is 0.494 e. The Morgan fingerprint density at radius 3 is 2.67 bits per heavy atom. The van der Waals surface area contributed by atoms with Crippen molar-refractivity contribution in [1.82, 2.24) is 15.5 Å². The fraction of sp³-hybridized carbons (Fsp3) is 0.500. The van der Waals surface area contributed by atoms with E-state index >= 15 is 0 Å². The van der Waals surface area contributed by atoms with Crippen molar-refractivity contribution in [3.8, 4) is 5.75 Å². The van der Waals surface area contributed by atoms with E-state index in [4.69, 9.17) is 25.4 Å². The van der Waals surface area contributed by atoms with Gasteiger partial charge in [0.05, 0.1) is 32.4 Å². The van der Waals surface area contributed by atoms with Gasteiger partial charge in [0.1, 0.15) is 24.2 Å². The fourth-order valence-corrected chi connectivity index (χ4v) is 6.27. The first-order valence-corrected chi connectivity index (χ1v) is 15.2. The maximum absolute atomic E-state index is 13.5. The molecule has 1 saturated heterocycles. The molecule has 232 valence electrons. The first-order chi connectivity index (χ1) is 20.6. The number of benzene rings is 1. The summed E-state index contributed by atoms with van der Waals surface area (Å²) in [5, 5.41) is 15.0. The Kier molecular flexibility index (Phi) is 10.8. The van der Waals surface area contributed by atoms with E-state index in [1.54, 1.807) is 23.3 Å². The molecule has 2 aliphatic rings. The standard InChI is InChI=1S/C30H39N5O7S/c1-3-41-27(38)16-40-18-30-13-22(29(39)34-19(2)23-12-20(17-43-23)28(31)32)35(24(30)14-30)26(37)15-33-25(36)10-7-11-42-21-8-5-4-6-9-21/h4-6,8-9,12,17,19,22,24H,3,7,10-11,13-16,18H2,1-2H3,(H3,31,32)(H,33,36)(H,34,39)/t19-,22?,24+,30-/m1/s1. The van der Waals surface area contributed by atoms with Crippen LogP contribution in [0.1, 0.15) is 56.0 Å². The van der Waals surface area contributed by atoms with E-state index in [0.717, 1.165) is 10.6 Å². The molecule has 43 heavy (non-hydrogen) atoms. The molecule has 1 aliphatic heterocycles. The number of carbonyl (C=O) groups is 4. The van der Waals surface area contributed by atoms with Crippen LogP contribution in [-0.2, 0) is 28.7 Å². The zero-order chi connectivity index (χ0) is 31.0. The van der Waals surface area contributed by atoms with Crippen LogP contribution in [0.15, 0.2) is 41.8 Å². The van der Waals surface area contributed by atoms with Crippen molar-refractivity contribution in [2.45, 2.75) is 57.7 Å². The fourth-order valence-electron chi connectivity index (χ4n) is 5.36. The molecule has 0 spiro atoms. The van der Waals surface area contributed by atoms with Gasteiger partial charge >= 0.3 is 5.97 Å². The van der Waals surface area contributed by atoms with Crippen molar-refractivity contribution in [3.05, 3.63) is 52.2 Å². The lowest BCUT2D eigenvalue weighted by molar-refractivity contribution is -0.149. The van der Waals surface area contributed by atoms with Gasteiger partial charge < -0.3 is 35.5 Å². The first-order valence-electron chi connectivity index (χ1n) is 14.4. The van der Waals surface area contributed by atoms with Gasteiger partial charge in [-0.3, -0.25) is 19.8 Å². The third-order valence-corrected chi connectivity index (χ3v) is 8.75. The molecule has 12 nitrogen and oxygen atoms in total. The summed E-state index contributed by atoms with van der Waals surface area (Å²) in [7, 11) is 0. The van der Waals surface area contributed by atoms with Crippen LogP contribution in [0, 0.1) is 10.8 Å². The third kappa shape index (κ3) is 8.32. The van der Waals surface area contributed by atoms with Crippen LogP contribution in [-0.4, -0.2) is 79.5 Å². The molecule has 2 aromatic rings. The number of rotatable bonds is 16. The molecular weight excluding hydrogens is 574 g/mol. The van der Waals surface area contributed by atoms with Crippen LogP contribution in [0.5, 0.6) is 5.75 Å². The molecule has 2 heterocycles. The second-order valence-electron chi connectivity index (χ2n) is 10.8. The summed E-state index contributed by atoms with van der Waals surface area (Å²) in [6, 6.07) is 9.70. The Morgan fingerprint density at radius 1 is 1.21 bits per heavy atom. The van der Waals surface area contributed by atoms with Crippen LogP contribution in [0.3, 0.4) is 0 Å². The van der Waals surface area contributed by atoms with Crippen LogP contribution < -0.4 is 21.1 Å². The number of fused-ring (bicyclic) bond motifs is 1. The molecular formula is C30H39N5O7S. The minimum absolute atomic E-state index is 0.0517. The molecule has 0 radical (unpaired) electrons. The Labute approximate surface area is 254 Å². The third-order valence-electron chi connectivity index (χ3n) is 7.64. The molecule has 1 unspecified atom stereocenters. The van der Waals surface area contributed by atoms with Crippen molar-refractivity contribution in [2.75, 3.05) is 33.0 Å². The van der Waals surface area contributed by atoms with Crippen LogP contribution >= 0.6 is 11.3 Å². The predicted molar refractivity (Wildman–Crippen MR) is 160 cm³/mol. The minimum Gasteiger partial charge on any atom is -0.494 e. The zero-order valence-corrected chi connectivity index (χ0v) is 25.2. The lowest BCUT2D eigenvalue weighted by atomic mass is 10.00. The quantitative estimate of drug-likeness (QED) is 0.0964. The summed E-state index contributed by atoms with van der Waals surface area (Å²) in [6.45, 7) is 3.93. The molecule has 4 atom stereocenters. The van der Waals surface area contributed by atoms with Gasteiger partial charge in [-0.2, -0.15) is 0 Å². The summed E-state index contributed by atoms with van der Waals surface area (Å²) >= 11 is 1.39. The number of ether oxygens (including phenoxy) is 3. The van der Waals surface area contributed by atoms with E-state index in [9.17, 15) is 19.2 Å². The summed E-state index contributed by atoms with van der Waals surface area (Å²) in [5.41, 5.74) is 5.71. The second kappa shape index (κ2) is 14.5. The number of amides is 3. The molecule has 5 N–H and O–H groups in total. The van der Waals surface area contributed by atoms with Gasteiger partial charge in [-0.15, -0.1) is 11.3 Å². The van der Waals surface area contributed by atoms with E-state index in [1.807, 2.05) is 37.3 Å². The number of nitrogens with one attached hydrogen (secondary N) is 3. The van der Waals surface area contributed by atoms with Crippen molar-refractivity contribution in [2.24, 2.45) is 11.1 Å².